The second-order valence-electron chi connectivity index (χ2n) is 4.99. The Morgan fingerprint density at radius 2 is 2.44 bits per heavy atom. The highest BCUT2D eigenvalue weighted by Gasteiger charge is 2.23. The fraction of sp³-hybridized carbons (Fsp3) is 0.615. The van der Waals surface area contributed by atoms with Crippen LogP contribution in [0.5, 0.6) is 0 Å². The summed E-state index contributed by atoms with van der Waals surface area (Å²) in [4.78, 5) is 13.3. The van der Waals surface area contributed by atoms with Crippen LogP contribution in [-0.2, 0) is 6.54 Å². The van der Waals surface area contributed by atoms with Crippen molar-refractivity contribution in [3.8, 4) is 0 Å². The lowest BCUT2D eigenvalue weighted by atomic mass is 9.99. The quantitative estimate of drug-likeness (QED) is 0.851. The first-order valence-corrected chi connectivity index (χ1v) is 6.31. The van der Waals surface area contributed by atoms with Gasteiger partial charge in [0.15, 0.2) is 0 Å². The molecule has 5 nitrogen and oxygen atoms in total. The number of hydrogen-bond acceptors (Lipinski definition) is 4. The Bertz CT molecular complexity index is 416. The number of carboxylic acid groups (broad SMARTS) is 1. The van der Waals surface area contributed by atoms with Crippen LogP contribution in [0.1, 0.15) is 35.9 Å². The van der Waals surface area contributed by atoms with Gasteiger partial charge in [0.05, 0.1) is 12.8 Å². The van der Waals surface area contributed by atoms with E-state index in [-0.39, 0.29) is 5.56 Å². The van der Waals surface area contributed by atoms with Gasteiger partial charge in [-0.1, -0.05) is 0 Å². The first-order chi connectivity index (χ1) is 8.58. The van der Waals surface area contributed by atoms with Gasteiger partial charge in [-0.15, -0.1) is 0 Å². The van der Waals surface area contributed by atoms with E-state index in [1.807, 2.05) is 0 Å². The average Bonchev–Trinajstić information content (AvgIpc) is 2.79. The van der Waals surface area contributed by atoms with Crippen LogP contribution in [0.2, 0.25) is 0 Å². The Hall–Kier alpha value is -1.33. The summed E-state index contributed by atoms with van der Waals surface area (Å²) in [5, 5.41) is 12.4. The molecule has 18 heavy (non-hydrogen) atoms. The van der Waals surface area contributed by atoms with Gasteiger partial charge >= 0.3 is 5.97 Å². The van der Waals surface area contributed by atoms with Crippen LogP contribution < -0.4 is 5.32 Å². The number of piperidine rings is 1. The Morgan fingerprint density at radius 3 is 3.11 bits per heavy atom. The van der Waals surface area contributed by atoms with Crippen LogP contribution >= 0.6 is 0 Å². The molecule has 0 bridgehead atoms. The van der Waals surface area contributed by atoms with E-state index in [0.717, 1.165) is 19.4 Å². The predicted molar refractivity (Wildman–Crippen MR) is 67.6 cm³/mol. The Labute approximate surface area is 107 Å². The molecule has 0 aliphatic carbocycles. The van der Waals surface area contributed by atoms with Gasteiger partial charge in [0.1, 0.15) is 11.3 Å². The molecule has 1 aromatic rings. The highest BCUT2D eigenvalue weighted by atomic mass is 16.4. The number of nitrogens with one attached hydrogen (secondary N) is 1. The number of carboxylic acids is 1. The van der Waals surface area contributed by atoms with E-state index < -0.39 is 5.97 Å². The highest BCUT2D eigenvalue weighted by molar-refractivity contribution is 5.88. The van der Waals surface area contributed by atoms with Gasteiger partial charge in [-0.25, -0.2) is 4.79 Å². The Balaban J connectivity index is 1.88. The highest BCUT2D eigenvalue weighted by Crippen LogP contribution is 2.17. The lowest BCUT2D eigenvalue weighted by Crippen LogP contribution is -2.45. The monoisotopic (exact) mass is 252 g/mol. The molecule has 1 fully saturated rings. The van der Waals surface area contributed by atoms with E-state index >= 15 is 0 Å². The number of aromatic carboxylic acids is 1. The molecular formula is C13H20N2O3. The summed E-state index contributed by atoms with van der Waals surface area (Å²) < 4.78 is 5.21. The van der Waals surface area contributed by atoms with E-state index in [1.165, 1.54) is 12.3 Å². The van der Waals surface area contributed by atoms with Crippen LogP contribution in [0, 0.1) is 0 Å². The number of furan rings is 1. The summed E-state index contributed by atoms with van der Waals surface area (Å²) in [6, 6.07) is 2.49. The Morgan fingerprint density at radius 1 is 1.67 bits per heavy atom. The molecule has 0 aromatic carbocycles. The minimum Gasteiger partial charge on any atom is -0.478 e. The standard InChI is InChI=1S/C13H20N2O3/c1-9-7-10(3-5-15(9)2)14-8-12-11(13(16)17)4-6-18-12/h4,6,9-10,14H,3,5,7-8H2,1-2H3,(H,16,17). The van der Waals surface area contributed by atoms with E-state index in [2.05, 4.69) is 24.2 Å². The molecule has 2 rings (SSSR count). The lowest BCUT2D eigenvalue weighted by molar-refractivity contribution is 0.0694. The number of carbonyl (C=O) groups is 1. The third-order valence-corrected chi connectivity index (χ3v) is 3.74. The molecule has 100 valence electrons. The van der Waals surface area contributed by atoms with Crippen molar-refractivity contribution >= 4 is 5.97 Å². The molecule has 0 amide bonds. The molecule has 5 heteroatoms. The number of nitrogens with zero attached hydrogens (tertiary/aromatic N) is 1. The fourth-order valence-electron chi connectivity index (χ4n) is 2.38. The van der Waals surface area contributed by atoms with E-state index in [0.29, 0.717) is 24.4 Å². The van der Waals surface area contributed by atoms with Crippen molar-refractivity contribution < 1.29 is 14.3 Å². The molecule has 2 atom stereocenters. The van der Waals surface area contributed by atoms with Crippen LogP contribution in [0.25, 0.3) is 0 Å². The van der Waals surface area contributed by atoms with Gasteiger partial charge in [-0.2, -0.15) is 0 Å². The van der Waals surface area contributed by atoms with Crippen molar-refractivity contribution in [2.45, 2.75) is 38.4 Å². The summed E-state index contributed by atoms with van der Waals surface area (Å²) in [6.07, 6.45) is 3.60. The second-order valence-corrected chi connectivity index (χ2v) is 4.99. The first kappa shape index (κ1) is 13.1. The third kappa shape index (κ3) is 2.91. The van der Waals surface area contributed by atoms with Gasteiger partial charge < -0.3 is 19.7 Å². The zero-order valence-electron chi connectivity index (χ0n) is 10.8. The van der Waals surface area contributed by atoms with Crippen LogP contribution in [0.4, 0.5) is 0 Å². The smallest absolute Gasteiger partial charge is 0.339 e. The van der Waals surface area contributed by atoms with E-state index in [1.54, 1.807) is 0 Å². The fourth-order valence-corrected chi connectivity index (χ4v) is 2.38. The molecule has 1 saturated heterocycles. The van der Waals surface area contributed by atoms with Crippen molar-refractivity contribution in [3.63, 3.8) is 0 Å². The van der Waals surface area contributed by atoms with Gasteiger partial charge in [0.25, 0.3) is 0 Å². The minimum atomic E-state index is -0.933. The van der Waals surface area contributed by atoms with Gasteiger partial charge in [0, 0.05) is 12.1 Å². The maximum Gasteiger partial charge on any atom is 0.339 e. The van der Waals surface area contributed by atoms with E-state index in [9.17, 15) is 4.79 Å². The maximum absolute atomic E-state index is 10.9. The van der Waals surface area contributed by atoms with Crippen LogP contribution in [-0.4, -0.2) is 41.7 Å². The van der Waals surface area contributed by atoms with E-state index in [4.69, 9.17) is 9.52 Å². The van der Waals surface area contributed by atoms with Gasteiger partial charge in [-0.05, 0) is 39.4 Å². The summed E-state index contributed by atoms with van der Waals surface area (Å²) in [5.74, 6) is -0.425. The summed E-state index contributed by atoms with van der Waals surface area (Å²) in [6.45, 7) is 3.77. The van der Waals surface area contributed by atoms with Crippen molar-refractivity contribution in [1.29, 1.82) is 0 Å². The molecule has 0 spiro atoms. The second kappa shape index (κ2) is 5.54. The van der Waals surface area contributed by atoms with Crippen molar-refractivity contribution in [2.75, 3.05) is 13.6 Å². The maximum atomic E-state index is 10.9. The van der Waals surface area contributed by atoms with Crippen LogP contribution in [0.15, 0.2) is 16.7 Å². The summed E-state index contributed by atoms with van der Waals surface area (Å²) in [7, 11) is 2.13. The molecule has 2 unspecified atom stereocenters. The SMILES string of the molecule is CC1CC(NCc2occc2C(=O)O)CCN1C. The molecular weight excluding hydrogens is 232 g/mol. The minimum absolute atomic E-state index is 0.253. The summed E-state index contributed by atoms with van der Waals surface area (Å²) in [5.41, 5.74) is 0.253. The molecule has 2 N–H and O–H groups in total. The molecule has 0 radical (unpaired) electrons. The molecule has 1 aliphatic rings. The van der Waals surface area contributed by atoms with Crippen molar-refractivity contribution in [2.24, 2.45) is 0 Å². The predicted octanol–water partition coefficient (Wildman–Crippen LogP) is 1.55. The molecule has 0 saturated carbocycles. The molecule has 1 aliphatic heterocycles. The van der Waals surface area contributed by atoms with Crippen molar-refractivity contribution in [3.05, 3.63) is 23.7 Å². The number of likely N-dealkylation sites (tertiary alicyclic amines) is 1. The largest absolute Gasteiger partial charge is 0.478 e. The van der Waals surface area contributed by atoms with Gasteiger partial charge in [0.2, 0.25) is 0 Å². The summed E-state index contributed by atoms with van der Waals surface area (Å²) >= 11 is 0. The normalized spacial score (nSPS) is 25.2. The van der Waals surface area contributed by atoms with Gasteiger partial charge in [-0.3, -0.25) is 0 Å². The zero-order chi connectivity index (χ0) is 13.1. The molecule has 1 aromatic heterocycles. The molecule has 2 heterocycles. The topological polar surface area (TPSA) is 65.7 Å². The van der Waals surface area contributed by atoms with Crippen molar-refractivity contribution in [1.82, 2.24) is 10.2 Å². The number of rotatable bonds is 4. The average molecular weight is 252 g/mol. The first-order valence-electron chi connectivity index (χ1n) is 6.31. The zero-order valence-corrected chi connectivity index (χ0v) is 10.8. The number of hydrogen-bond donors (Lipinski definition) is 2. The Kier molecular flexibility index (Phi) is 4.04. The third-order valence-electron chi connectivity index (χ3n) is 3.74. The lowest BCUT2D eigenvalue weighted by Gasteiger charge is -2.35. The van der Waals surface area contributed by atoms with Crippen LogP contribution in [0.3, 0.4) is 0 Å².